The van der Waals surface area contributed by atoms with Crippen LogP contribution < -0.4 is 4.90 Å². The Morgan fingerprint density at radius 3 is 2.16 bits per heavy atom. The molecule has 0 amide bonds. The molecule has 102 valence electrons. The molecule has 2 rings (SSSR count). The number of nitrogens with zero attached hydrogens (tertiary/aromatic N) is 3. The van der Waals surface area contributed by atoms with Crippen molar-refractivity contribution in [3.63, 3.8) is 0 Å². The topological polar surface area (TPSA) is 30.3 Å². The summed E-state index contributed by atoms with van der Waals surface area (Å²) in [5, 5.41) is 9.45. The van der Waals surface area contributed by atoms with E-state index in [0.717, 1.165) is 25.7 Å². The van der Waals surface area contributed by atoms with Crippen molar-refractivity contribution in [2.75, 3.05) is 26.0 Å². The standard InChI is InChI=1S/C16H23N3/c1-18(2)16(13-17)11-9-15(10-12-16)19(3)14-7-5-4-6-8-14/h4-8,15H,9-12H2,1-3H3. The highest BCUT2D eigenvalue weighted by atomic mass is 15.2. The van der Waals surface area contributed by atoms with Gasteiger partial charge in [-0.3, -0.25) is 4.90 Å². The Kier molecular flexibility index (Phi) is 4.11. The molecule has 19 heavy (non-hydrogen) atoms. The summed E-state index contributed by atoms with van der Waals surface area (Å²) in [7, 11) is 6.20. The van der Waals surface area contributed by atoms with E-state index >= 15 is 0 Å². The summed E-state index contributed by atoms with van der Waals surface area (Å²) >= 11 is 0. The van der Waals surface area contributed by atoms with Crippen molar-refractivity contribution in [3.05, 3.63) is 30.3 Å². The quantitative estimate of drug-likeness (QED) is 0.834. The van der Waals surface area contributed by atoms with Gasteiger partial charge < -0.3 is 4.90 Å². The third-order valence-electron chi connectivity index (χ3n) is 4.56. The number of hydrogen-bond acceptors (Lipinski definition) is 3. The Balaban J connectivity index is 2.03. The molecule has 1 fully saturated rings. The molecule has 3 nitrogen and oxygen atoms in total. The Bertz CT molecular complexity index is 439. The zero-order valence-electron chi connectivity index (χ0n) is 12.1. The summed E-state index contributed by atoms with van der Waals surface area (Å²) in [5.41, 5.74) is 1.01. The van der Waals surface area contributed by atoms with Gasteiger partial charge in [0.2, 0.25) is 0 Å². The zero-order chi connectivity index (χ0) is 13.9. The molecule has 3 heteroatoms. The van der Waals surface area contributed by atoms with E-state index in [1.807, 2.05) is 20.2 Å². The first-order valence-corrected chi connectivity index (χ1v) is 6.95. The molecule has 0 aliphatic heterocycles. The highest BCUT2D eigenvalue weighted by molar-refractivity contribution is 5.46. The zero-order valence-corrected chi connectivity index (χ0v) is 12.1. The lowest BCUT2D eigenvalue weighted by Crippen LogP contribution is -2.49. The summed E-state index contributed by atoms with van der Waals surface area (Å²) in [6, 6.07) is 13.6. The summed E-state index contributed by atoms with van der Waals surface area (Å²) in [6.45, 7) is 0. The van der Waals surface area contributed by atoms with Crippen LogP contribution in [0.3, 0.4) is 0 Å². The van der Waals surface area contributed by atoms with E-state index < -0.39 is 0 Å². The van der Waals surface area contributed by atoms with Gasteiger partial charge in [-0.05, 0) is 51.9 Å². The van der Waals surface area contributed by atoms with Crippen molar-refractivity contribution in [1.29, 1.82) is 5.26 Å². The molecule has 0 saturated heterocycles. The van der Waals surface area contributed by atoms with Crippen molar-refractivity contribution in [3.8, 4) is 6.07 Å². The monoisotopic (exact) mass is 257 g/mol. The first-order valence-electron chi connectivity index (χ1n) is 6.95. The first-order chi connectivity index (χ1) is 9.09. The fraction of sp³-hybridized carbons (Fsp3) is 0.562. The van der Waals surface area contributed by atoms with E-state index in [-0.39, 0.29) is 5.54 Å². The van der Waals surface area contributed by atoms with Crippen LogP contribution in [0.2, 0.25) is 0 Å². The molecule has 0 atom stereocenters. The number of para-hydroxylation sites is 1. The van der Waals surface area contributed by atoms with Crippen molar-refractivity contribution < 1.29 is 0 Å². The molecule has 1 saturated carbocycles. The molecule has 0 N–H and O–H groups in total. The molecule has 1 aliphatic carbocycles. The van der Waals surface area contributed by atoms with E-state index in [4.69, 9.17) is 0 Å². The van der Waals surface area contributed by atoms with Gasteiger partial charge in [0.25, 0.3) is 0 Å². The third-order valence-corrected chi connectivity index (χ3v) is 4.56. The molecule has 1 aromatic rings. The molecule has 1 aliphatic rings. The maximum absolute atomic E-state index is 9.45. The van der Waals surface area contributed by atoms with Crippen LogP contribution in [0, 0.1) is 11.3 Å². The van der Waals surface area contributed by atoms with Crippen LogP contribution in [0.1, 0.15) is 25.7 Å². The Labute approximate surface area is 116 Å². The van der Waals surface area contributed by atoms with Crippen LogP contribution in [0.5, 0.6) is 0 Å². The van der Waals surface area contributed by atoms with Crippen LogP contribution in [-0.2, 0) is 0 Å². The second-order valence-corrected chi connectivity index (χ2v) is 5.72. The van der Waals surface area contributed by atoms with Gasteiger partial charge in [-0.2, -0.15) is 5.26 Å². The minimum atomic E-state index is -0.256. The van der Waals surface area contributed by atoms with Crippen LogP contribution in [0.4, 0.5) is 5.69 Å². The normalized spacial score (nSPS) is 27.0. The van der Waals surface area contributed by atoms with Crippen molar-refractivity contribution in [2.24, 2.45) is 0 Å². The molecular formula is C16H23N3. The number of benzene rings is 1. The fourth-order valence-electron chi connectivity index (χ4n) is 3.00. The first kappa shape index (κ1) is 13.9. The van der Waals surface area contributed by atoms with E-state index in [1.54, 1.807) is 0 Å². The van der Waals surface area contributed by atoms with E-state index in [2.05, 4.69) is 47.2 Å². The minimum Gasteiger partial charge on any atom is -0.372 e. The second kappa shape index (κ2) is 5.63. The highest BCUT2D eigenvalue weighted by Crippen LogP contribution is 2.34. The van der Waals surface area contributed by atoms with E-state index in [1.165, 1.54) is 5.69 Å². The maximum Gasteiger partial charge on any atom is 0.108 e. The van der Waals surface area contributed by atoms with Crippen LogP contribution in [0.15, 0.2) is 30.3 Å². The number of rotatable bonds is 3. The van der Waals surface area contributed by atoms with E-state index in [0.29, 0.717) is 6.04 Å². The highest BCUT2D eigenvalue weighted by Gasteiger charge is 2.38. The minimum absolute atomic E-state index is 0.256. The molecule has 1 aromatic carbocycles. The second-order valence-electron chi connectivity index (χ2n) is 5.72. The van der Waals surface area contributed by atoms with Gasteiger partial charge in [-0.25, -0.2) is 0 Å². The number of hydrogen-bond donors (Lipinski definition) is 0. The van der Waals surface area contributed by atoms with Gasteiger partial charge in [0, 0.05) is 18.8 Å². The van der Waals surface area contributed by atoms with Gasteiger partial charge in [-0.1, -0.05) is 18.2 Å². The smallest absolute Gasteiger partial charge is 0.108 e. The fourth-order valence-corrected chi connectivity index (χ4v) is 3.00. The molecule has 0 radical (unpaired) electrons. The average molecular weight is 257 g/mol. The van der Waals surface area contributed by atoms with Gasteiger partial charge in [0.05, 0.1) is 6.07 Å². The molecule has 0 bridgehead atoms. The predicted octanol–water partition coefficient (Wildman–Crippen LogP) is 2.89. The van der Waals surface area contributed by atoms with Crippen LogP contribution in [0.25, 0.3) is 0 Å². The van der Waals surface area contributed by atoms with Crippen molar-refractivity contribution >= 4 is 5.69 Å². The largest absolute Gasteiger partial charge is 0.372 e. The van der Waals surface area contributed by atoms with Gasteiger partial charge in [0.15, 0.2) is 0 Å². The van der Waals surface area contributed by atoms with Crippen molar-refractivity contribution in [1.82, 2.24) is 4.90 Å². The SMILES string of the molecule is CN(c1ccccc1)C1CCC(C#N)(N(C)C)CC1. The van der Waals surface area contributed by atoms with Crippen molar-refractivity contribution in [2.45, 2.75) is 37.3 Å². The van der Waals surface area contributed by atoms with Gasteiger partial charge >= 0.3 is 0 Å². The lowest BCUT2D eigenvalue weighted by Gasteiger charge is -2.42. The van der Waals surface area contributed by atoms with Crippen LogP contribution >= 0.6 is 0 Å². The Morgan fingerprint density at radius 2 is 1.68 bits per heavy atom. The summed E-state index contributed by atoms with van der Waals surface area (Å²) in [6.07, 6.45) is 4.07. The van der Waals surface area contributed by atoms with Crippen LogP contribution in [-0.4, -0.2) is 37.6 Å². The van der Waals surface area contributed by atoms with Gasteiger partial charge in [-0.15, -0.1) is 0 Å². The molecular weight excluding hydrogens is 234 g/mol. The molecule has 0 unspecified atom stereocenters. The average Bonchev–Trinajstić information content (AvgIpc) is 2.47. The lowest BCUT2D eigenvalue weighted by atomic mass is 9.79. The Hall–Kier alpha value is -1.53. The van der Waals surface area contributed by atoms with Gasteiger partial charge in [0.1, 0.15) is 5.54 Å². The third kappa shape index (κ3) is 2.74. The number of nitriles is 1. The predicted molar refractivity (Wildman–Crippen MR) is 79.1 cm³/mol. The summed E-state index contributed by atoms with van der Waals surface area (Å²) in [4.78, 5) is 4.45. The lowest BCUT2D eigenvalue weighted by molar-refractivity contribution is 0.148. The van der Waals surface area contributed by atoms with E-state index in [9.17, 15) is 5.26 Å². The maximum atomic E-state index is 9.45. The summed E-state index contributed by atoms with van der Waals surface area (Å²) < 4.78 is 0. The molecule has 0 heterocycles. The summed E-state index contributed by atoms with van der Waals surface area (Å²) in [5.74, 6) is 0. The molecule has 0 spiro atoms. The molecule has 0 aromatic heterocycles. The number of anilines is 1. The Morgan fingerprint density at radius 1 is 1.11 bits per heavy atom.